The van der Waals surface area contributed by atoms with Crippen molar-refractivity contribution in [2.75, 3.05) is 7.11 Å². The van der Waals surface area contributed by atoms with Gasteiger partial charge < -0.3 is 4.74 Å². The molecule has 0 fully saturated rings. The number of ether oxygens (including phenoxy) is 1. The number of hydrogen-bond donors (Lipinski definition) is 0. The van der Waals surface area contributed by atoms with Crippen molar-refractivity contribution in [1.29, 1.82) is 0 Å². The lowest BCUT2D eigenvalue weighted by molar-refractivity contribution is 0.397. The number of aryl methyl sites for hydroxylation is 1. The molecule has 0 aliphatic heterocycles. The second-order valence-electron chi connectivity index (χ2n) is 3.87. The maximum atomic E-state index is 5.02. The minimum Gasteiger partial charge on any atom is -0.481 e. The molecule has 0 N–H and O–H groups in total. The van der Waals surface area contributed by atoms with Crippen LogP contribution in [0.5, 0.6) is 5.88 Å². The van der Waals surface area contributed by atoms with Gasteiger partial charge in [0.05, 0.1) is 7.11 Å². The van der Waals surface area contributed by atoms with E-state index in [1.165, 1.54) is 16.7 Å². The van der Waals surface area contributed by atoms with Gasteiger partial charge in [0.15, 0.2) is 0 Å². The summed E-state index contributed by atoms with van der Waals surface area (Å²) < 4.78 is 5.02. The van der Waals surface area contributed by atoms with Crippen molar-refractivity contribution >= 4 is 0 Å². The molecule has 0 saturated carbocycles. The van der Waals surface area contributed by atoms with Crippen LogP contribution in [0.4, 0.5) is 0 Å². The number of hydrogen-bond acceptors (Lipinski definition) is 2. The quantitative estimate of drug-likeness (QED) is 0.782. The summed E-state index contributed by atoms with van der Waals surface area (Å²) in [5.41, 5.74) is 3.79. The van der Waals surface area contributed by atoms with Crippen LogP contribution in [0, 0.1) is 6.92 Å². The van der Waals surface area contributed by atoms with Gasteiger partial charge in [0.2, 0.25) is 5.88 Å². The van der Waals surface area contributed by atoms with E-state index >= 15 is 0 Å². The molecule has 0 bridgehead atoms. The Morgan fingerprint density at radius 1 is 1.00 bits per heavy atom. The molecule has 2 nitrogen and oxygen atoms in total. The first-order valence-corrected chi connectivity index (χ1v) is 5.32. The fraction of sp³-hybridized carbons (Fsp3) is 0.214. The molecule has 2 rings (SSSR count). The Bertz CT molecular complexity index is 445. The minimum absolute atomic E-state index is 0.660. The lowest BCUT2D eigenvalue weighted by Gasteiger charge is -2.03. The Labute approximate surface area is 95.9 Å². The fourth-order valence-corrected chi connectivity index (χ4v) is 1.58. The zero-order valence-electron chi connectivity index (χ0n) is 9.60. The summed E-state index contributed by atoms with van der Waals surface area (Å²) in [5, 5.41) is 0. The predicted molar refractivity (Wildman–Crippen MR) is 64.8 cm³/mol. The van der Waals surface area contributed by atoms with Crippen LogP contribution < -0.4 is 4.74 Å². The molecule has 0 spiro atoms. The summed E-state index contributed by atoms with van der Waals surface area (Å²) in [6.07, 6.45) is 2.77. The first-order chi connectivity index (χ1) is 7.78. The zero-order valence-corrected chi connectivity index (χ0v) is 9.60. The molecular weight excluding hydrogens is 198 g/mol. The van der Waals surface area contributed by atoms with Crippen molar-refractivity contribution < 1.29 is 4.74 Å². The number of methoxy groups -OCH3 is 1. The van der Waals surface area contributed by atoms with Gasteiger partial charge in [-0.25, -0.2) is 4.98 Å². The topological polar surface area (TPSA) is 22.1 Å². The maximum Gasteiger partial charge on any atom is 0.212 e. The lowest BCUT2D eigenvalue weighted by Crippen LogP contribution is -1.91. The third-order valence-electron chi connectivity index (χ3n) is 2.54. The Morgan fingerprint density at radius 2 is 1.69 bits per heavy atom. The minimum atomic E-state index is 0.660. The highest BCUT2D eigenvalue weighted by Gasteiger charge is 1.97. The van der Waals surface area contributed by atoms with Crippen LogP contribution in [-0.4, -0.2) is 12.1 Å². The molecule has 0 aliphatic rings. The van der Waals surface area contributed by atoms with Crippen LogP contribution >= 0.6 is 0 Å². The van der Waals surface area contributed by atoms with Gasteiger partial charge in [-0.1, -0.05) is 35.9 Å². The summed E-state index contributed by atoms with van der Waals surface area (Å²) >= 11 is 0. The van der Waals surface area contributed by atoms with Gasteiger partial charge in [-0.2, -0.15) is 0 Å². The van der Waals surface area contributed by atoms with E-state index in [4.69, 9.17) is 4.74 Å². The number of rotatable bonds is 3. The fourth-order valence-electron chi connectivity index (χ4n) is 1.58. The Hall–Kier alpha value is -1.83. The number of pyridine rings is 1. The third-order valence-corrected chi connectivity index (χ3v) is 2.54. The normalized spacial score (nSPS) is 10.1. The molecule has 0 amide bonds. The van der Waals surface area contributed by atoms with E-state index < -0.39 is 0 Å². The zero-order chi connectivity index (χ0) is 11.4. The Balaban J connectivity index is 2.11. The van der Waals surface area contributed by atoms with E-state index in [0.29, 0.717) is 5.88 Å². The highest BCUT2D eigenvalue weighted by Crippen LogP contribution is 2.12. The molecule has 0 radical (unpaired) electrons. The maximum absolute atomic E-state index is 5.02. The van der Waals surface area contributed by atoms with Crippen LogP contribution in [0.2, 0.25) is 0 Å². The van der Waals surface area contributed by atoms with Crippen molar-refractivity contribution in [2.45, 2.75) is 13.3 Å². The summed E-state index contributed by atoms with van der Waals surface area (Å²) in [6, 6.07) is 12.5. The highest BCUT2D eigenvalue weighted by molar-refractivity contribution is 5.28. The van der Waals surface area contributed by atoms with Gasteiger partial charge in [-0.05, 0) is 24.5 Å². The molecular formula is C14H15NO. The van der Waals surface area contributed by atoms with Gasteiger partial charge >= 0.3 is 0 Å². The Kier molecular flexibility index (Phi) is 3.20. The molecule has 1 aromatic heterocycles. The highest BCUT2D eigenvalue weighted by atomic mass is 16.5. The van der Waals surface area contributed by atoms with Crippen molar-refractivity contribution in [1.82, 2.24) is 4.98 Å². The summed E-state index contributed by atoms with van der Waals surface area (Å²) in [5.74, 6) is 0.660. The number of nitrogens with zero attached hydrogens (tertiary/aromatic N) is 1. The largest absolute Gasteiger partial charge is 0.481 e. The second-order valence-corrected chi connectivity index (χ2v) is 3.87. The van der Waals surface area contributed by atoms with E-state index in [2.05, 4.69) is 36.2 Å². The third kappa shape index (κ3) is 2.60. The lowest BCUT2D eigenvalue weighted by atomic mass is 10.1. The number of aromatic nitrogens is 1. The summed E-state index contributed by atoms with van der Waals surface area (Å²) in [4.78, 5) is 4.19. The molecule has 2 aromatic rings. The second kappa shape index (κ2) is 4.79. The first-order valence-electron chi connectivity index (χ1n) is 5.32. The van der Waals surface area contributed by atoms with Crippen molar-refractivity contribution in [3.05, 3.63) is 59.3 Å². The van der Waals surface area contributed by atoms with Gasteiger partial charge in [-0.3, -0.25) is 0 Å². The monoisotopic (exact) mass is 213 g/mol. The molecule has 0 unspecified atom stereocenters. The van der Waals surface area contributed by atoms with Crippen LogP contribution in [0.3, 0.4) is 0 Å². The molecule has 0 atom stereocenters. The summed E-state index contributed by atoms with van der Waals surface area (Å²) in [6.45, 7) is 2.10. The van der Waals surface area contributed by atoms with Crippen molar-refractivity contribution in [3.8, 4) is 5.88 Å². The average Bonchev–Trinajstić information content (AvgIpc) is 2.33. The standard InChI is InChI=1S/C14H15NO/c1-11-3-5-12(6-4-11)9-13-7-8-14(16-2)15-10-13/h3-8,10H,9H2,1-2H3. The Morgan fingerprint density at radius 3 is 2.25 bits per heavy atom. The van der Waals surface area contributed by atoms with E-state index in [1.54, 1.807) is 7.11 Å². The van der Waals surface area contributed by atoms with Crippen molar-refractivity contribution in [2.24, 2.45) is 0 Å². The van der Waals surface area contributed by atoms with E-state index in [1.807, 2.05) is 18.3 Å². The number of benzene rings is 1. The van der Waals surface area contributed by atoms with Crippen LogP contribution in [0.1, 0.15) is 16.7 Å². The summed E-state index contributed by atoms with van der Waals surface area (Å²) in [7, 11) is 1.63. The van der Waals surface area contributed by atoms with Gasteiger partial charge in [-0.15, -0.1) is 0 Å². The molecule has 0 aliphatic carbocycles. The van der Waals surface area contributed by atoms with E-state index in [-0.39, 0.29) is 0 Å². The molecule has 1 heterocycles. The average molecular weight is 213 g/mol. The SMILES string of the molecule is COc1ccc(Cc2ccc(C)cc2)cn1. The van der Waals surface area contributed by atoms with Crippen LogP contribution in [0.15, 0.2) is 42.6 Å². The van der Waals surface area contributed by atoms with Gasteiger partial charge in [0, 0.05) is 12.3 Å². The van der Waals surface area contributed by atoms with Gasteiger partial charge in [0.25, 0.3) is 0 Å². The van der Waals surface area contributed by atoms with Crippen LogP contribution in [0.25, 0.3) is 0 Å². The van der Waals surface area contributed by atoms with Crippen molar-refractivity contribution in [3.63, 3.8) is 0 Å². The van der Waals surface area contributed by atoms with E-state index in [0.717, 1.165) is 6.42 Å². The first kappa shape index (κ1) is 10.7. The predicted octanol–water partition coefficient (Wildman–Crippen LogP) is 2.99. The smallest absolute Gasteiger partial charge is 0.212 e. The molecule has 1 aromatic carbocycles. The molecule has 2 heteroatoms. The molecule has 82 valence electrons. The molecule has 0 saturated heterocycles. The van der Waals surface area contributed by atoms with Gasteiger partial charge in [0.1, 0.15) is 0 Å². The van der Waals surface area contributed by atoms with Crippen LogP contribution in [-0.2, 0) is 6.42 Å². The molecule has 16 heavy (non-hydrogen) atoms. The van der Waals surface area contributed by atoms with E-state index in [9.17, 15) is 0 Å².